The predicted octanol–water partition coefficient (Wildman–Crippen LogP) is 3.98. The van der Waals surface area contributed by atoms with Gasteiger partial charge in [-0.15, -0.1) is 0 Å². The number of aliphatic carboxylic acids is 1. The number of carbonyl (C=O) groups is 6. The van der Waals surface area contributed by atoms with Crippen molar-refractivity contribution in [1.82, 2.24) is 15.1 Å². The lowest BCUT2D eigenvalue weighted by Crippen LogP contribution is -2.49. The summed E-state index contributed by atoms with van der Waals surface area (Å²) in [7, 11) is 2.86. The molecule has 3 aliphatic heterocycles. The van der Waals surface area contributed by atoms with Gasteiger partial charge in [-0.1, -0.05) is 36.9 Å². The number of carboxylic acid groups (broad SMARTS) is 1. The maximum Gasteiger partial charge on any atom is 0.415 e. The highest BCUT2D eigenvalue weighted by Crippen LogP contribution is 2.57. The van der Waals surface area contributed by atoms with Crippen LogP contribution in [-0.4, -0.2) is 102 Å². The van der Waals surface area contributed by atoms with Gasteiger partial charge in [-0.2, -0.15) is 0 Å². The Labute approximate surface area is 304 Å². The van der Waals surface area contributed by atoms with Gasteiger partial charge in [-0.3, -0.25) is 24.1 Å². The number of nitrogens with zero attached hydrogens (tertiary/aromatic N) is 3. The summed E-state index contributed by atoms with van der Waals surface area (Å²) in [5, 5.41) is 11.4. The molecule has 0 radical (unpaired) electrons. The first-order valence-corrected chi connectivity index (χ1v) is 17.8. The molecule has 15 heteroatoms. The standard InChI is InChI=1S/C37H38N4O10S/c1-4-33(45)52-21-28(34(46)38-2)39(3)36(48)49-23-10-12-27-30(20-23)50-29-19-22(40-15-17-41(18-16-40)31(42)13-14-32(43)44)9-11-26(29)37(27)25-8-6-5-7-24(25)35(47)51-37/h5-12,19-20,28H,4,13-18,21H2,1-3H3,(H,38,46)(H,43,44)/t28-,37?/m0/s1. The van der Waals surface area contributed by atoms with Gasteiger partial charge < -0.3 is 34.4 Å². The number of piperazine rings is 1. The average molecular weight is 731 g/mol. The van der Waals surface area contributed by atoms with Gasteiger partial charge in [-0.05, 0) is 30.3 Å². The minimum Gasteiger partial charge on any atom is -0.481 e. The van der Waals surface area contributed by atoms with E-state index in [1.54, 1.807) is 36.1 Å². The first-order chi connectivity index (χ1) is 25.0. The number of rotatable bonds is 10. The Balaban J connectivity index is 1.29. The van der Waals surface area contributed by atoms with Gasteiger partial charge in [0, 0.05) is 93.4 Å². The summed E-state index contributed by atoms with van der Waals surface area (Å²) >= 11 is 0.962. The van der Waals surface area contributed by atoms with Crippen LogP contribution < -0.4 is 19.7 Å². The minimum absolute atomic E-state index is 0.0493. The zero-order valence-corrected chi connectivity index (χ0v) is 29.7. The molecule has 1 saturated heterocycles. The third kappa shape index (κ3) is 6.87. The summed E-state index contributed by atoms with van der Waals surface area (Å²) < 4.78 is 18.4. The number of nitrogens with one attached hydrogen (secondary N) is 1. The molecule has 0 bridgehead atoms. The van der Waals surface area contributed by atoms with Gasteiger partial charge in [-0.25, -0.2) is 9.59 Å². The van der Waals surface area contributed by atoms with E-state index >= 15 is 0 Å². The predicted molar refractivity (Wildman–Crippen MR) is 190 cm³/mol. The molecule has 3 aromatic carbocycles. The van der Waals surface area contributed by atoms with Gasteiger partial charge in [0.1, 0.15) is 23.3 Å². The highest BCUT2D eigenvalue weighted by Gasteiger charge is 2.53. The number of hydrogen-bond acceptors (Lipinski definition) is 11. The van der Waals surface area contributed by atoms with E-state index in [0.717, 1.165) is 22.3 Å². The van der Waals surface area contributed by atoms with Gasteiger partial charge in [0.15, 0.2) is 10.7 Å². The molecular weight excluding hydrogens is 692 g/mol. The molecule has 3 aromatic rings. The van der Waals surface area contributed by atoms with E-state index in [1.807, 2.05) is 30.3 Å². The van der Waals surface area contributed by atoms with Crippen molar-refractivity contribution in [2.75, 3.05) is 50.9 Å². The van der Waals surface area contributed by atoms with E-state index in [1.165, 1.54) is 20.2 Å². The number of fused-ring (bicyclic) bond motifs is 6. The molecule has 272 valence electrons. The number of esters is 1. The van der Waals surface area contributed by atoms with Crippen LogP contribution in [0.5, 0.6) is 17.2 Å². The number of hydrogen-bond donors (Lipinski definition) is 2. The van der Waals surface area contributed by atoms with Crippen LogP contribution in [0.1, 0.15) is 53.2 Å². The first kappa shape index (κ1) is 36.2. The lowest BCUT2D eigenvalue weighted by molar-refractivity contribution is -0.141. The topological polar surface area (TPSA) is 172 Å². The second kappa shape index (κ2) is 15.0. The van der Waals surface area contributed by atoms with Crippen molar-refractivity contribution in [1.29, 1.82) is 0 Å². The van der Waals surface area contributed by atoms with Crippen molar-refractivity contribution in [2.45, 2.75) is 37.8 Å². The quantitative estimate of drug-likeness (QED) is 0.288. The van der Waals surface area contributed by atoms with E-state index in [4.69, 9.17) is 19.3 Å². The summed E-state index contributed by atoms with van der Waals surface area (Å²) in [6, 6.07) is 16.5. The molecule has 3 amide bonds. The first-order valence-electron chi connectivity index (χ1n) is 16.8. The van der Waals surface area contributed by atoms with Crippen LogP contribution in [0.15, 0.2) is 60.7 Å². The van der Waals surface area contributed by atoms with Crippen molar-refractivity contribution in [3.05, 3.63) is 82.9 Å². The van der Waals surface area contributed by atoms with Crippen LogP contribution in [0.2, 0.25) is 0 Å². The van der Waals surface area contributed by atoms with E-state index in [-0.39, 0.29) is 47.5 Å². The molecule has 14 nitrogen and oxygen atoms in total. The van der Waals surface area contributed by atoms with E-state index in [9.17, 15) is 28.8 Å². The highest BCUT2D eigenvalue weighted by molar-refractivity contribution is 8.13. The molecule has 1 spiro atoms. The molecule has 3 heterocycles. The average Bonchev–Trinajstić information content (AvgIpc) is 3.45. The zero-order valence-electron chi connectivity index (χ0n) is 28.9. The minimum atomic E-state index is -1.36. The van der Waals surface area contributed by atoms with Crippen LogP contribution in [0, 0.1) is 0 Å². The number of thioether (sulfide) groups is 1. The Morgan fingerprint density at radius 3 is 2.35 bits per heavy atom. The fourth-order valence-electron chi connectivity index (χ4n) is 6.60. The lowest BCUT2D eigenvalue weighted by Gasteiger charge is -2.39. The second-order valence-electron chi connectivity index (χ2n) is 12.5. The van der Waals surface area contributed by atoms with E-state index in [2.05, 4.69) is 10.2 Å². The van der Waals surface area contributed by atoms with Crippen LogP contribution in [0.3, 0.4) is 0 Å². The number of amides is 3. The molecule has 2 atom stereocenters. The number of benzene rings is 3. The lowest BCUT2D eigenvalue weighted by atomic mass is 9.77. The maximum atomic E-state index is 13.3. The molecule has 52 heavy (non-hydrogen) atoms. The van der Waals surface area contributed by atoms with E-state index < -0.39 is 35.6 Å². The summed E-state index contributed by atoms with van der Waals surface area (Å²) in [5.41, 5.74) is 1.59. The number of carbonyl (C=O) groups excluding carboxylic acids is 5. The van der Waals surface area contributed by atoms with Crippen molar-refractivity contribution in [3.8, 4) is 17.2 Å². The fourth-order valence-corrected chi connectivity index (χ4v) is 7.52. The Kier molecular flexibility index (Phi) is 10.4. The molecule has 1 fully saturated rings. The number of anilines is 1. The molecule has 0 saturated carbocycles. The largest absolute Gasteiger partial charge is 0.481 e. The monoisotopic (exact) mass is 730 g/mol. The second-order valence-corrected chi connectivity index (χ2v) is 13.5. The Morgan fingerprint density at radius 1 is 0.962 bits per heavy atom. The van der Waals surface area contributed by atoms with Crippen molar-refractivity contribution in [3.63, 3.8) is 0 Å². The van der Waals surface area contributed by atoms with E-state index in [0.29, 0.717) is 54.2 Å². The van der Waals surface area contributed by atoms with Gasteiger partial charge in [0.2, 0.25) is 11.8 Å². The van der Waals surface area contributed by atoms with Gasteiger partial charge in [0.05, 0.1) is 12.0 Å². The number of ether oxygens (including phenoxy) is 3. The Hall–Kier alpha value is -5.57. The summed E-state index contributed by atoms with van der Waals surface area (Å²) in [4.78, 5) is 79.6. The third-order valence-corrected chi connectivity index (χ3v) is 10.5. The molecule has 0 aromatic heterocycles. The SMILES string of the molecule is CCC(=O)SC[C@@H](C(=O)NC)N(C)C(=O)Oc1ccc2c(c1)Oc1cc(N3CCN(C(=O)CCC(=O)O)CC3)ccc1C21OC(=O)c2ccccc21. The van der Waals surface area contributed by atoms with Gasteiger partial charge >= 0.3 is 18.0 Å². The summed E-state index contributed by atoms with van der Waals surface area (Å²) in [6.07, 6.45) is -0.810. The molecule has 0 aliphatic carbocycles. The van der Waals surface area contributed by atoms with Crippen LogP contribution in [-0.2, 0) is 29.5 Å². The summed E-state index contributed by atoms with van der Waals surface area (Å²) in [5.74, 6) is -1.32. The Morgan fingerprint density at radius 2 is 1.65 bits per heavy atom. The summed E-state index contributed by atoms with van der Waals surface area (Å²) in [6.45, 7) is 3.57. The smallest absolute Gasteiger partial charge is 0.415 e. The molecule has 1 unspecified atom stereocenters. The normalized spacial score (nSPS) is 17.6. The fraction of sp³-hybridized carbons (Fsp3) is 0.351. The van der Waals surface area contributed by atoms with Crippen LogP contribution in [0.25, 0.3) is 0 Å². The molecule has 3 aliphatic rings. The maximum absolute atomic E-state index is 13.3. The molecular formula is C37H38N4O10S. The van der Waals surface area contributed by atoms with Crippen LogP contribution >= 0.6 is 11.8 Å². The number of carboxylic acids is 1. The highest BCUT2D eigenvalue weighted by atomic mass is 32.2. The van der Waals surface area contributed by atoms with Crippen LogP contribution in [0.4, 0.5) is 10.5 Å². The van der Waals surface area contributed by atoms with Gasteiger partial charge in [0.25, 0.3) is 0 Å². The van der Waals surface area contributed by atoms with Crippen molar-refractivity contribution >= 4 is 52.4 Å². The zero-order chi connectivity index (χ0) is 37.2. The van der Waals surface area contributed by atoms with Crippen molar-refractivity contribution < 1.29 is 48.1 Å². The molecule has 2 N–H and O–H groups in total. The Bertz CT molecular complexity index is 1940. The van der Waals surface area contributed by atoms with Crippen molar-refractivity contribution in [2.24, 2.45) is 0 Å². The number of likely N-dealkylation sites (N-methyl/N-ethyl adjacent to an activating group) is 2. The molecule has 6 rings (SSSR count). The third-order valence-electron chi connectivity index (χ3n) is 9.42.